The third-order valence-corrected chi connectivity index (χ3v) is 8.73. The van der Waals surface area contributed by atoms with Gasteiger partial charge < -0.3 is 14.4 Å². The van der Waals surface area contributed by atoms with Crippen molar-refractivity contribution in [2.45, 2.75) is 31.4 Å². The first-order chi connectivity index (χ1) is 23.0. The summed E-state index contributed by atoms with van der Waals surface area (Å²) in [6.07, 6.45) is 5.65. The summed E-state index contributed by atoms with van der Waals surface area (Å²) in [4.78, 5) is 40.3. The fourth-order valence-corrected chi connectivity index (χ4v) is 6.23. The molecule has 5 aromatic rings. The lowest BCUT2D eigenvalue weighted by atomic mass is 9.98. The second kappa shape index (κ2) is 14.0. The van der Waals surface area contributed by atoms with Crippen molar-refractivity contribution >= 4 is 58.0 Å². The lowest BCUT2D eigenvalue weighted by Crippen LogP contribution is -2.37. The summed E-state index contributed by atoms with van der Waals surface area (Å²) in [7, 11) is 0. The minimum atomic E-state index is -4.54. The number of hydrogen-bond donors (Lipinski definition) is 0. The molecule has 48 heavy (non-hydrogen) atoms. The van der Waals surface area contributed by atoms with E-state index in [0.29, 0.717) is 57.8 Å². The fourth-order valence-electron chi connectivity index (χ4n) is 5.70. The van der Waals surface area contributed by atoms with E-state index in [0.717, 1.165) is 39.6 Å². The molecule has 8 nitrogen and oxygen atoms in total. The summed E-state index contributed by atoms with van der Waals surface area (Å²) >= 11 is 17.8. The molecule has 0 bridgehead atoms. The first-order valence-corrected chi connectivity index (χ1v) is 16.0. The minimum Gasteiger partial charge on any atom is -0.323 e. The van der Waals surface area contributed by atoms with Crippen molar-refractivity contribution in [2.24, 2.45) is 0 Å². The van der Waals surface area contributed by atoms with E-state index < -0.39 is 12.0 Å². The highest BCUT2D eigenvalue weighted by Gasteiger charge is 2.36. The number of aromatic nitrogens is 4. The highest BCUT2D eigenvalue weighted by Crippen LogP contribution is 2.30. The standard InChI is InChI=1S/C19H14ClF3N4O.C15H12Cl2N2O/c20-14-1-2-16-13(8-14)3-5-27(17(16)28)15-7-12(9-24-10-15)11-26-6-4-25-18(26)19(21,22)23;16-7-10-5-13(9-18-8-10)19-4-3-11-6-12(17)1-2-14(11)15(19)20/h1-2,4,6-10H,3,5,11H2;1-2,5-6,8-9H,3-4,7H2. The molecule has 0 fully saturated rings. The number of anilines is 2. The molecule has 0 aliphatic carbocycles. The summed E-state index contributed by atoms with van der Waals surface area (Å²) in [5.74, 6) is -0.792. The van der Waals surface area contributed by atoms with Crippen LogP contribution in [0.4, 0.5) is 24.5 Å². The van der Waals surface area contributed by atoms with Crippen LogP contribution in [0, 0.1) is 0 Å². The smallest absolute Gasteiger partial charge is 0.323 e. The Hall–Kier alpha value is -4.45. The summed E-state index contributed by atoms with van der Waals surface area (Å²) in [6, 6.07) is 14.1. The molecule has 246 valence electrons. The van der Waals surface area contributed by atoms with Gasteiger partial charge in [-0.25, -0.2) is 4.98 Å². The highest BCUT2D eigenvalue weighted by molar-refractivity contribution is 6.31. The molecule has 0 radical (unpaired) electrons. The van der Waals surface area contributed by atoms with Crippen LogP contribution in [-0.2, 0) is 31.4 Å². The molecule has 0 spiro atoms. The monoisotopic (exact) mass is 712 g/mol. The second-order valence-corrected chi connectivity index (χ2v) is 12.3. The topological polar surface area (TPSA) is 84.2 Å². The Kier molecular flexibility index (Phi) is 9.73. The van der Waals surface area contributed by atoms with Crippen LogP contribution in [0.15, 0.2) is 85.7 Å². The lowest BCUT2D eigenvalue weighted by molar-refractivity contribution is -0.147. The average Bonchev–Trinajstić information content (AvgIpc) is 3.54. The Balaban J connectivity index is 0.000000177. The molecule has 0 saturated heterocycles. The Morgan fingerprint density at radius 2 is 1.25 bits per heavy atom. The number of carbonyl (C=O) groups is 2. The number of rotatable bonds is 5. The molecule has 7 rings (SSSR count). The van der Waals surface area contributed by atoms with Gasteiger partial charge in [-0.05, 0) is 83.6 Å². The van der Waals surface area contributed by atoms with Crippen LogP contribution in [0.1, 0.15) is 48.8 Å². The van der Waals surface area contributed by atoms with Gasteiger partial charge in [-0.1, -0.05) is 23.2 Å². The zero-order valence-corrected chi connectivity index (χ0v) is 27.4. The van der Waals surface area contributed by atoms with E-state index in [1.807, 2.05) is 12.1 Å². The maximum absolute atomic E-state index is 13.0. The summed E-state index contributed by atoms with van der Waals surface area (Å²) < 4.78 is 40.1. The average molecular weight is 714 g/mol. The van der Waals surface area contributed by atoms with Crippen LogP contribution < -0.4 is 9.80 Å². The fraction of sp³-hybridized carbons (Fsp3) is 0.206. The van der Waals surface area contributed by atoms with Crippen molar-refractivity contribution in [3.8, 4) is 0 Å². The Morgan fingerprint density at radius 3 is 1.77 bits per heavy atom. The minimum absolute atomic E-state index is 0.0172. The van der Waals surface area contributed by atoms with Crippen molar-refractivity contribution < 1.29 is 22.8 Å². The van der Waals surface area contributed by atoms with Crippen LogP contribution >= 0.6 is 34.8 Å². The van der Waals surface area contributed by atoms with Crippen LogP contribution in [0.3, 0.4) is 0 Å². The lowest BCUT2D eigenvalue weighted by Gasteiger charge is -2.28. The van der Waals surface area contributed by atoms with E-state index >= 15 is 0 Å². The maximum atomic E-state index is 13.0. The van der Waals surface area contributed by atoms with E-state index in [2.05, 4.69) is 15.0 Å². The number of amides is 2. The summed E-state index contributed by atoms with van der Waals surface area (Å²) in [6.45, 7) is 1.01. The maximum Gasteiger partial charge on any atom is 0.449 e. The molecule has 0 atom stereocenters. The van der Waals surface area contributed by atoms with Gasteiger partial charge in [0.1, 0.15) is 0 Å². The molecule has 0 unspecified atom stereocenters. The molecule has 5 heterocycles. The van der Waals surface area contributed by atoms with E-state index in [-0.39, 0.29) is 18.4 Å². The van der Waals surface area contributed by atoms with E-state index in [1.165, 1.54) is 18.6 Å². The molecule has 2 aliphatic rings. The highest BCUT2D eigenvalue weighted by atomic mass is 35.5. The number of benzene rings is 2. The third kappa shape index (κ3) is 7.18. The molecular formula is C34H26Cl3F3N6O2. The number of imidazole rings is 1. The zero-order chi connectivity index (χ0) is 34.0. The molecule has 14 heteroatoms. The predicted octanol–water partition coefficient (Wildman–Crippen LogP) is 7.88. The third-order valence-electron chi connectivity index (χ3n) is 7.96. The predicted molar refractivity (Wildman–Crippen MR) is 178 cm³/mol. The zero-order valence-electron chi connectivity index (χ0n) is 25.1. The second-order valence-electron chi connectivity index (χ2n) is 11.1. The van der Waals surface area contributed by atoms with Gasteiger partial charge in [0.25, 0.3) is 11.8 Å². The van der Waals surface area contributed by atoms with Gasteiger partial charge in [0.2, 0.25) is 5.82 Å². The first-order valence-electron chi connectivity index (χ1n) is 14.7. The number of nitrogens with zero attached hydrogens (tertiary/aromatic N) is 6. The van der Waals surface area contributed by atoms with E-state index in [9.17, 15) is 22.8 Å². The molecule has 2 aliphatic heterocycles. The van der Waals surface area contributed by atoms with E-state index in [1.54, 1.807) is 58.6 Å². The van der Waals surface area contributed by atoms with Crippen molar-refractivity contribution in [1.29, 1.82) is 0 Å². The number of carbonyl (C=O) groups excluding carboxylic acids is 2. The number of hydrogen-bond acceptors (Lipinski definition) is 5. The van der Waals surface area contributed by atoms with Gasteiger partial charge in [0, 0.05) is 64.9 Å². The van der Waals surface area contributed by atoms with Gasteiger partial charge in [-0.15, -0.1) is 11.6 Å². The van der Waals surface area contributed by atoms with E-state index in [4.69, 9.17) is 34.8 Å². The number of fused-ring (bicyclic) bond motifs is 2. The van der Waals surface area contributed by atoms with Gasteiger partial charge in [0.15, 0.2) is 0 Å². The molecule has 3 aromatic heterocycles. The van der Waals surface area contributed by atoms with Gasteiger partial charge in [-0.3, -0.25) is 19.6 Å². The summed E-state index contributed by atoms with van der Waals surface area (Å²) in [5, 5.41) is 1.24. The number of halogens is 6. The Morgan fingerprint density at radius 1 is 0.729 bits per heavy atom. The van der Waals surface area contributed by atoms with Crippen molar-refractivity contribution in [1.82, 2.24) is 19.5 Å². The summed E-state index contributed by atoms with van der Waals surface area (Å²) in [5.41, 5.74) is 5.92. The molecular weight excluding hydrogens is 688 g/mol. The van der Waals surface area contributed by atoms with Gasteiger partial charge in [0.05, 0.1) is 30.3 Å². The van der Waals surface area contributed by atoms with Crippen LogP contribution in [0.5, 0.6) is 0 Å². The van der Waals surface area contributed by atoms with Crippen molar-refractivity contribution in [3.05, 3.63) is 135 Å². The first kappa shape index (κ1) is 33.5. The normalized spacial score (nSPS) is 14.3. The van der Waals surface area contributed by atoms with Crippen molar-refractivity contribution in [2.75, 3.05) is 22.9 Å². The van der Waals surface area contributed by atoms with Gasteiger partial charge in [-0.2, -0.15) is 13.2 Å². The van der Waals surface area contributed by atoms with Gasteiger partial charge >= 0.3 is 6.18 Å². The molecule has 2 aromatic carbocycles. The Labute approximate surface area is 288 Å². The quantitative estimate of drug-likeness (QED) is 0.173. The Bertz CT molecular complexity index is 2000. The molecule has 0 N–H and O–H groups in total. The molecule has 2 amide bonds. The molecule has 0 saturated carbocycles. The number of pyridine rings is 2. The van der Waals surface area contributed by atoms with Crippen LogP contribution in [0.2, 0.25) is 10.0 Å². The van der Waals surface area contributed by atoms with Crippen molar-refractivity contribution in [3.63, 3.8) is 0 Å². The largest absolute Gasteiger partial charge is 0.449 e. The SMILES string of the molecule is O=C1c2ccc(Cl)cc2CCN1c1cncc(CCl)c1.O=C1c2ccc(Cl)cc2CCN1c1cncc(Cn2ccnc2C(F)(F)F)c1. The van der Waals surface area contributed by atoms with Crippen LogP contribution in [0.25, 0.3) is 0 Å². The number of alkyl halides is 4. The van der Waals surface area contributed by atoms with Crippen LogP contribution in [-0.4, -0.2) is 44.4 Å².